The van der Waals surface area contributed by atoms with Gasteiger partial charge in [0.2, 0.25) is 0 Å². The van der Waals surface area contributed by atoms with Crippen LogP contribution in [0.5, 0.6) is 0 Å². The molecule has 0 aromatic heterocycles. The zero-order valence-corrected chi connectivity index (χ0v) is 9.25. The molecule has 1 rings (SSSR count). The summed E-state index contributed by atoms with van der Waals surface area (Å²) in [6, 6.07) is 10.5. The van der Waals surface area contributed by atoms with E-state index in [1.165, 1.54) is 16.7 Å². The van der Waals surface area contributed by atoms with Crippen molar-refractivity contribution in [2.75, 3.05) is 6.54 Å². The molecule has 0 bridgehead atoms. The van der Waals surface area contributed by atoms with E-state index in [4.69, 9.17) is 5.73 Å². The van der Waals surface area contributed by atoms with Gasteiger partial charge in [-0.2, -0.15) is 0 Å². The lowest BCUT2D eigenvalue weighted by Crippen LogP contribution is -2.14. The SMILES string of the molecule is CC(C)=C(C)C(CN)c1ccccc1. The van der Waals surface area contributed by atoms with Gasteiger partial charge in [0.05, 0.1) is 0 Å². The summed E-state index contributed by atoms with van der Waals surface area (Å²) in [5, 5.41) is 0. The molecule has 1 unspecified atom stereocenters. The number of nitrogens with two attached hydrogens (primary N) is 1. The summed E-state index contributed by atoms with van der Waals surface area (Å²) in [6.07, 6.45) is 0. The Hall–Kier alpha value is -1.08. The molecule has 1 heteroatoms. The van der Waals surface area contributed by atoms with Gasteiger partial charge in [0, 0.05) is 12.5 Å². The molecule has 0 saturated carbocycles. The van der Waals surface area contributed by atoms with Crippen molar-refractivity contribution in [2.24, 2.45) is 5.73 Å². The second-order valence-electron chi connectivity index (χ2n) is 3.88. The van der Waals surface area contributed by atoms with Crippen LogP contribution in [-0.2, 0) is 0 Å². The third-order valence-corrected chi connectivity index (χ3v) is 2.75. The first-order valence-electron chi connectivity index (χ1n) is 5.05. The first-order valence-corrected chi connectivity index (χ1v) is 5.05. The molecule has 1 atom stereocenters. The predicted octanol–water partition coefficient (Wildman–Crippen LogP) is 3.09. The molecule has 0 aliphatic rings. The molecular formula is C13H19N. The Kier molecular flexibility index (Phi) is 3.90. The van der Waals surface area contributed by atoms with Crippen molar-refractivity contribution in [3.05, 3.63) is 47.0 Å². The monoisotopic (exact) mass is 189 g/mol. The molecule has 0 fully saturated rings. The lowest BCUT2D eigenvalue weighted by molar-refractivity contribution is 0.788. The summed E-state index contributed by atoms with van der Waals surface area (Å²) in [7, 11) is 0. The van der Waals surface area contributed by atoms with Gasteiger partial charge in [0.15, 0.2) is 0 Å². The quantitative estimate of drug-likeness (QED) is 0.726. The van der Waals surface area contributed by atoms with Crippen molar-refractivity contribution < 1.29 is 0 Å². The van der Waals surface area contributed by atoms with Gasteiger partial charge in [-0.15, -0.1) is 0 Å². The maximum absolute atomic E-state index is 5.81. The summed E-state index contributed by atoms with van der Waals surface area (Å²) in [4.78, 5) is 0. The molecule has 1 aromatic rings. The molecule has 76 valence electrons. The van der Waals surface area contributed by atoms with Gasteiger partial charge in [0.1, 0.15) is 0 Å². The molecule has 0 heterocycles. The second-order valence-corrected chi connectivity index (χ2v) is 3.88. The summed E-state index contributed by atoms with van der Waals surface area (Å²) in [5.41, 5.74) is 9.88. The van der Waals surface area contributed by atoms with Gasteiger partial charge in [0.25, 0.3) is 0 Å². The average molecular weight is 189 g/mol. The molecule has 14 heavy (non-hydrogen) atoms. The van der Waals surface area contributed by atoms with Gasteiger partial charge < -0.3 is 5.73 Å². The van der Waals surface area contributed by atoms with Gasteiger partial charge in [-0.05, 0) is 26.3 Å². The van der Waals surface area contributed by atoms with Gasteiger partial charge in [-0.1, -0.05) is 41.5 Å². The molecule has 0 saturated heterocycles. The van der Waals surface area contributed by atoms with Crippen molar-refractivity contribution in [3.8, 4) is 0 Å². The molecule has 1 nitrogen and oxygen atoms in total. The smallest absolute Gasteiger partial charge is 0.0171 e. The van der Waals surface area contributed by atoms with Crippen molar-refractivity contribution in [2.45, 2.75) is 26.7 Å². The van der Waals surface area contributed by atoms with E-state index in [1.54, 1.807) is 0 Å². The maximum Gasteiger partial charge on any atom is 0.0171 e. The topological polar surface area (TPSA) is 26.0 Å². The Bertz CT molecular complexity index is 307. The van der Waals surface area contributed by atoms with Crippen LogP contribution in [0, 0.1) is 0 Å². The predicted molar refractivity (Wildman–Crippen MR) is 62.3 cm³/mol. The molecule has 2 N–H and O–H groups in total. The van der Waals surface area contributed by atoms with Gasteiger partial charge in [-0.25, -0.2) is 0 Å². The van der Waals surface area contributed by atoms with Gasteiger partial charge in [-0.3, -0.25) is 0 Å². The highest BCUT2D eigenvalue weighted by atomic mass is 14.5. The summed E-state index contributed by atoms with van der Waals surface area (Å²) in [6.45, 7) is 7.13. The lowest BCUT2D eigenvalue weighted by atomic mass is 9.90. The molecular weight excluding hydrogens is 170 g/mol. The van der Waals surface area contributed by atoms with Crippen LogP contribution in [0.4, 0.5) is 0 Å². The van der Waals surface area contributed by atoms with E-state index in [1.807, 2.05) is 6.07 Å². The van der Waals surface area contributed by atoms with E-state index in [0.717, 1.165) is 0 Å². The lowest BCUT2D eigenvalue weighted by Gasteiger charge is -2.17. The van der Waals surface area contributed by atoms with Crippen molar-refractivity contribution in [1.29, 1.82) is 0 Å². The van der Waals surface area contributed by atoms with E-state index in [9.17, 15) is 0 Å². The average Bonchev–Trinajstić information content (AvgIpc) is 2.20. The van der Waals surface area contributed by atoms with E-state index in [-0.39, 0.29) is 0 Å². The van der Waals surface area contributed by atoms with E-state index in [2.05, 4.69) is 45.0 Å². The largest absolute Gasteiger partial charge is 0.330 e. The fraction of sp³-hybridized carbons (Fsp3) is 0.385. The Labute approximate surface area is 86.6 Å². The fourth-order valence-corrected chi connectivity index (χ4v) is 1.60. The fourth-order valence-electron chi connectivity index (χ4n) is 1.60. The third-order valence-electron chi connectivity index (χ3n) is 2.75. The van der Waals surface area contributed by atoms with Crippen LogP contribution in [-0.4, -0.2) is 6.54 Å². The van der Waals surface area contributed by atoms with Crippen molar-refractivity contribution in [3.63, 3.8) is 0 Å². The van der Waals surface area contributed by atoms with Crippen LogP contribution in [0.25, 0.3) is 0 Å². The molecule has 0 amide bonds. The van der Waals surface area contributed by atoms with Crippen molar-refractivity contribution in [1.82, 2.24) is 0 Å². The zero-order valence-electron chi connectivity index (χ0n) is 9.25. The van der Waals surface area contributed by atoms with E-state index < -0.39 is 0 Å². The minimum atomic E-state index is 0.376. The van der Waals surface area contributed by atoms with Crippen LogP contribution >= 0.6 is 0 Å². The molecule has 0 spiro atoms. The molecule has 0 aliphatic heterocycles. The first-order chi connectivity index (χ1) is 6.66. The highest BCUT2D eigenvalue weighted by Gasteiger charge is 2.11. The summed E-state index contributed by atoms with van der Waals surface area (Å²) < 4.78 is 0. The highest BCUT2D eigenvalue weighted by Crippen LogP contribution is 2.24. The Morgan fingerprint density at radius 3 is 2.14 bits per heavy atom. The number of rotatable bonds is 3. The van der Waals surface area contributed by atoms with Crippen LogP contribution < -0.4 is 5.73 Å². The van der Waals surface area contributed by atoms with Crippen LogP contribution in [0.2, 0.25) is 0 Å². The standard InChI is InChI=1S/C13H19N/c1-10(2)11(3)13(9-14)12-7-5-4-6-8-12/h4-8,13H,9,14H2,1-3H3. The maximum atomic E-state index is 5.81. The number of hydrogen-bond donors (Lipinski definition) is 1. The van der Waals surface area contributed by atoms with Crippen LogP contribution in [0.1, 0.15) is 32.3 Å². The Morgan fingerprint density at radius 2 is 1.71 bits per heavy atom. The molecule has 0 radical (unpaired) electrons. The third kappa shape index (κ3) is 2.46. The Morgan fingerprint density at radius 1 is 1.14 bits per heavy atom. The summed E-state index contributed by atoms with van der Waals surface area (Å²) >= 11 is 0. The van der Waals surface area contributed by atoms with Crippen LogP contribution in [0.15, 0.2) is 41.5 Å². The van der Waals surface area contributed by atoms with Crippen LogP contribution in [0.3, 0.4) is 0 Å². The Balaban J connectivity index is 3.00. The van der Waals surface area contributed by atoms with E-state index in [0.29, 0.717) is 12.5 Å². The molecule has 0 aliphatic carbocycles. The molecule has 1 aromatic carbocycles. The second kappa shape index (κ2) is 4.97. The van der Waals surface area contributed by atoms with E-state index >= 15 is 0 Å². The number of allylic oxidation sites excluding steroid dienone is 1. The minimum Gasteiger partial charge on any atom is -0.330 e. The minimum absolute atomic E-state index is 0.376. The van der Waals surface area contributed by atoms with Crippen molar-refractivity contribution >= 4 is 0 Å². The summed E-state index contributed by atoms with van der Waals surface area (Å²) in [5.74, 6) is 0.376. The zero-order chi connectivity index (χ0) is 10.6. The van der Waals surface area contributed by atoms with Gasteiger partial charge >= 0.3 is 0 Å². The highest BCUT2D eigenvalue weighted by molar-refractivity contribution is 5.30. The number of hydrogen-bond acceptors (Lipinski definition) is 1. The first kappa shape index (κ1) is 11.0. The number of benzene rings is 1. The normalized spacial score (nSPS) is 12.3.